The van der Waals surface area contributed by atoms with E-state index in [1.54, 1.807) is 12.1 Å². The lowest BCUT2D eigenvalue weighted by Gasteiger charge is -2.21. The monoisotopic (exact) mass is 268 g/mol. The van der Waals surface area contributed by atoms with Gasteiger partial charge in [0.15, 0.2) is 5.78 Å². The van der Waals surface area contributed by atoms with Crippen molar-refractivity contribution in [1.29, 1.82) is 0 Å². The molecule has 2 rings (SSSR count). The molecular weight excluding hydrogens is 248 g/mol. The van der Waals surface area contributed by atoms with Crippen molar-refractivity contribution in [2.24, 2.45) is 5.92 Å². The van der Waals surface area contributed by atoms with E-state index >= 15 is 0 Å². The summed E-state index contributed by atoms with van der Waals surface area (Å²) in [6.45, 7) is 3.94. The molecule has 20 heavy (non-hydrogen) atoms. The van der Waals surface area contributed by atoms with Gasteiger partial charge >= 0.3 is 0 Å². The van der Waals surface area contributed by atoms with E-state index in [1.807, 2.05) is 56.3 Å². The van der Waals surface area contributed by atoms with Crippen LogP contribution in [0.5, 0.6) is 0 Å². The number of rotatable bonds is 5. The average molecular weight is 268 g/mol. The second-order valence-electron chi connectivity index (χ2n) is 5.10. The van der Waals surface area contributed by atoms with Crippen LogP contribution in [0, 0.1) is 12.8 Å². The quantitative estimate of drug-likeness (QED) is 0.834. The van der Waals surface area contributed by atoms with Crippen LogP contribution in [0.1, 0.15) is 40.9 Å². The van der Waals surface area contributed by atoms with Crippen LogP contribution in [0.2, 0.25) is 0 Å². The van der Waals surface area contributed by atoms with Crippen LogP contribution in [-0.2, 0) is 0 Å². The zero-order valence-electron chi connectivity index (χ0n) is 11.9. The van der Waals surface area contributed by atoms with Crippen molar-refractivity contribution < 1.29 is 9.90 Å². The van der Waals surface area contributed by atoms with Gasteiger partial charge in [-0.3, -0.25) is 4.79 Å². The van der Waals surface area contributed by atoms with Gasteiger partial charge in [-0.2, -0.15) is 0 Å². The van der Waals surface area contributed by atoms with Crippen molar-refractivity contribution in [3.05, 3.63) is 71.3 Å². The van der Waals surface area contributed by atoms with Gasteiger partial charge in [-0.25, -0.2) is 0 Å². The molecule has 2 heteroatoms. The normalized spacial score (nSPS) is 13.8. The highest BCUT2D eigenvalue weighted by Gasteiger charge is 2.27. The number of Topliss-reactive ketones (excluding diaryl/α,β-unsaturated/α-hetero) is 1. The summed E-state index contributed by atoms with van der Waals surface area (Å²) in [6, 6.07) is 16.9. The van der Waals surface area contributed by atoms with E-state index < -0.39 is 12.0 Å². The molecule has 0 aromatic heterocycles. The third kappa shape index (κ3) is 3.14. The first-order valence-electron chi connectivity index (χ1n) is 6.97. The Morgan fingerprint density at radius 1 is 1.05 bits per heavy atom. The summed E-state index contributed by atoms with van der Waals surface area (Å²) in [5.74, 6) is -0.402. The lowest BCUT2D eigenvalue weighted by Crippen LogP contribution is -2.22. The smallest absolute Gasteiger partial charge is 0.168 e. The van der Waals surface area contributed by atoms with E-state index in [2.05, 4.69) is 0 Å². The highest BCUT2D eigenvalue weighted by molar-refractivity contribution is 5.98. The zero-order chi connectivity index (χ0) is 14.5. The van der Waals surface area contributed by atoms with Crippen molar-refractivity contribution >= 4 is 5.78 Å². The molecule has 2 unspecified atom stereocenters. The Kier molecular flexibility index (Phi) is 4.70. The number of carbonyl (C=O) groups is 1. The van der Waals surface area contributed by atoms with Gasteiger partial charge in [0.05, 0.1) is 12.0 Å². The summed E-state index contributed by atoms with van der Waals surface area (Å²) < 4.78 is 0. The first kappa shape index (κ1) is 14.5. The maximum Gasteiger partial charge on any atom is 0.168 e. The Labute approximate surface area is 120 Å². The molecule has 104 valence electrons. The fourth-order valence-corrected chi connectivity index (χ4v) is 2.36. The van der Waals surface area contributed by atoms with Crippen molar-refractivity contribution in [3.8, 4) is 0 Å². The second kappa shape index (κ2) is 6.49. The maximum absolute atomic E-state index is 12.5. The van der Waals surface area contributed by atoms with E-state index in [9.17, 15) is 9.90 Å². The minimum Gasteiger partial charge on any atom is -0.388 e. The van der Waals surface area contributed by atoms with Crippen LogP contribution in [0.4, 0.5) is 0 Å². The number of aryl methyl sites for hydroxylation is 1. The molecule has 2 atom stereocenters. The van der Waals surface area contributed by atoms with Gasteiger partial charge in [0, 0.05) is 5.56 Å². The van der Waals surface area contributed by atoms with Gasteiger partial charge in [0.1, 0.15) is 0 Å². The molecule has 0 aliphatic carbocycles. The second-order valence-corrected chi connectivity index (χ2v) is 5.10. The zero-order valence-corrected chi connectivity index (χ0v) is 11.9. The molecule has 0 saturated heterocycles. The third-order valence-electron chi connectivity index (χ3n) is 3.63. The molecule has 0 amide bonds. The van der Waals surface area contributed by atoms with Crippen molar-refractivity contribution in [2.45, 2.75) is 26.4 Å². The predicted octanol–water partition coefficient (Wildman–Crippen LogP) is 3.94. The Bertz CT molecular complexity index is 558. The molecule has 0 radical (unpaired) electrons. The number of carbonyl (C=O) groups excluding carboxylic acids is 1. The molecule has 0 saturated carbocycles. The number of benzene rings is 2. The largest absolute Gasteiger partial charge is 0.388 e. The average Bonchev–Trinajstić information content (AvgIpc) is 2.49. The fourth-order valence-electron chi connectivity index (χ4n) is 2.36. The van der Waals surface area contributed by atoms with Crippen LogP contribution in [-0.4, -0.2) is 10.9 Å². The third-order valence-corrected chi connectivity index (χ3v) is 3.63. The van der Waals surface area contributed by atoms with Crippen molar-refractivity contribution in [3.63, 3.8) is 0 Å². The molecule has 2 nitrogen and oxygen atoms in total. The van der Waals surface area contributed by atoms with Crippen LogP contribution >= 0.6 is 0 Å². The number of aliphatic hydroxyl groups is 1. The summed E-state index contributed by atoms with van der Waals surface area (Å²) >= 11 is 0. The number of aliphatic hydroxyl groups excluding tert-OH is 1. The maximum atomic E-state index is 12.5. The molecule has 0 fully saturated rings. The standard InChI is InChI=1S/C18H20O2/c1-3-16(17(19)14-7-5-4-6-8-14)18(20)15-11-9-13(2)10-12-15/h4-12,16,18,20H,3H2,1-2H3. The van der Waals surface area contributed by atoms with E-state index in [-0.39, 0.29) is 5.78 Å². The summed E-state index contributed by atoms with van der Waals surface area (Å²) in [4.78, 5) is 12.5. The Balaban J connectivity index is 2.23. The Morgan fingerprint density at radius 3 is 2.20 bits per heavy atom. The Hall–Kier alpha value is -1.93. The summed E-state index contributed by atoms with van der Waals surface area (Å²) in [6.07, 6.45) is -0.142. The van der Waals surface area contributed by atoms with Crippen LogP contribution < -0.4 is 0 Å². The number of hydrogen-bond acceptors (Lipinski definition) is 2. The van der Waals surface area contributed by atoms with Gasteiger partial charge in [-0.15, -0.1) is 0 Å². The molecule has 0 spiro atoms. The first-order valence-corrected chi connectivity index (χ1v) is 6.97. The van der Waals surface area contributed by atoms with Crippen LogP contribution in [0.3, 0.4) is 0 Å². The molecule has 0 aliphatic rings. The van der Waals surface area contributed by atoms with E-state index in [0.717, 1.165) is 11.1 Å². The molecule has 0 aliphatic heterocycles. The number of hydrogen-bond donors (Lipinski definition) is 1. The van der Waals surface area contributed by atoms with Crippen LogP contribution in [0.15, 0.2) is 54.6 Å². The van der Waals surface area contributed by atoms with Crippen molar-refractivity contribution in [1.82, 2.24) is 0 Å². The van der Waals surface area contributed by atoms with Gasteiger partial charge in [0.2, 0.25) is 0 Å². The van der Waals surface area contributed by atoms with E-state index in [0.29, 0.717) is 12.0 Å². The van der Waals surface area contributed by atoms with E-state index in [4.69, 9.17) is 0 Å². The van der Waals surface area contributed by atoms with Crippen LogP contribution in [0.25, 0.3) is 0 Å². The molecule has 2 aromatic carbocycles. The Morgan fingerprint density at radius 2 is 1.65 bits per heavy atom. The minimum atomic E-state index is -0.756. The first-order chi connectivity index (χ1) is 9.63. The van der Waals surface area contributed by atoms with Gasteiger partial charge in [-0.05, 0) is 18.9 Å². The van der Waals surface area contributed by atoms with Crippen molar-refractivity contribution in [2.75, 3.05) is 0 Å². The summed E-state index contributed by atoms with van der Waals surface area (Å²) in [5, 5.41) is 10.5. The minimum absolute atomic E-state index is 0.00109. The molecule has 1 N–H and O–H groups in total. The molecule has 0 heterocycles. The summed E-state index contributed by atoms with van der Waals surface area (Å²) in [7, 11) is 0. The fraction of sp³-hybridized carbons (Fsp3) is 0.278. The molecule has 2 aromatic rings. The van der Waals surface area contributed by atoms with Gasteiger partial charge in [0.25, 0.3) is 0 Å². The SMILES string of the molecule is CCC(C(=O)c1ccccc1)C(O)c1ccc(C)cc1. The lowest BCUT2D eigenvalue weighted by molar-refractivity contribution is 0.0667. The van der Waals surface area contributed by atoms with E-state index in [1.165, 1.54) is 0 Å². The highest BCUT2D eigenvalue weighted by atomic mass is 16.3. The highest BCUT2D eigenvalue weighted by Crippen LogP contribution is 2.28. The summed E-state index contributed by atoms with van der Waals surface area (Å²) in [5.41, 5.74) is 2.60. The molecular formula is C18H20O2. The van der Waals surface area contributed by atoms with Gasteiger partial charge < -0.3 is 5.11 Å². The number of ketones is 1. The molecule has 0 bridgehead atoms. The topological polar surface area (TPSA) is 37.3 Å². The van der Waals surface area contributed by atoms with Gasteiger partial charge in [-0.1, -0.05) is 67.1 Å². The lowest BCUT2D eigenvalue weighted by atomic mass is 9.86. The predicted molar refractivity (Wildman–Crippen MR) is 80.7 cm³/mol.